The Balaban J connectivity index is 0.000000199. The monoisotopic (exact) mass is 370 g/mol. The number of benzene rings is 1. The molecule has 1 heterocycles. The molecule has 1 aliphatic rings. The predicted octanol–water partition coefficient (Wildman–Crippen LogP) is 5.07. The van der Waals surface area contributed by atoms with Gasteiger partial charge in [0.25, 0.3) is 0 Å². The molecule has 4 nitrogen and oxygen atoms in total. The van der Waals surface area contributed by atoms with E-state index in [9.17, 15) is 4.39 Å². The molecule has 0 atom stereocenters. The standard InChI is InChI=1S/C13H18FN.C9H13N3/c1-9-2-4-10(5-3-9)12-7-6-11(14)8-13(12)15;1-7(6-10-3)9-4-5-11-8(2)12-9/h6-10H,2-5,15H2,1H3;4-6,10H,1-3H3/b;7-6+. The van der Waals surface area contributed by atoms with E-state index in [4.69, 9.17) is 5.73 Å². The van der Waals surface area contributed by atoms with E-state index in [-0.39, 0.29) is 5.82 Å². The fourth-order valence-corrected chi connectivity index (χ4v) is 3.45. The van der Waals surface area contributed by atoms with E-state index in [0.717, 1.165) is 28.6 Å². The van der Waals surface area contributed by atoms with E-state index in [1.807, 2.05) is 39.2 Å². The number of hydrogen-bond acceptors (Lipinski definition) is 4. The molecule has 0 unspecified atom stereocenters. The van der Waals surface area contributed by atoms with Crippen molar-refractivity contribution in [2.24, 2.45) is 5.92 Å². The van der Waals surface area contributed by atoms with Crippen LogP contribution in [0.15, 0.2) is 36.7 Å². The number of nitrogens with one attached hydrogen (secondary N) is 1. The average Bonchev–Trinajstić information content (AvgIpc) is 2.64. The van der Waals surface area contributed by atoms with Gasteiger partial charge in [0.2, 0.25) is 0 Å². The molecule has 5 heteroatoms. The van der Waals surface area contributed by atoms with Gasteiger partial charge in [-0.3, -0.25) is 0 Å². The first kappa shape index (κ1) is 20.9. The summed E-state index contributed by atoms with van der Waals surface area (Å²) in [7, 11) is 1.87. The lowest BCUT2D eigenvalue weighted by Crippen LogP contribution is -2.12. The number of allylic oxidation sites excluding steroid dienone is 1. The third kappa shape index (κ3) is 6.35. The number of nitrogens with two attached hydrogens (primary N) is 1. The van der Waals surface area contributed by atoms with Crippen molar-refractivity contribution in [1.29, 1.82) is 0 Å². The molecule has 1 aromatic carbocycles. The first-order chi connectivity index (χ1) is 12.9. The van der Waals surface area contributed by atoms with Crippen LogP contribution >= 0.6 is 0 Å². The number of nitrogens with zero attached hydrogens (tertiary/aromatic N) is 2. The second-order valence-electron chi connectivity index (χ2n) is 7.34. The third-order valence-electron chi connectivity index (χ3n) is 5.05. The molecule has 3 N–H and O–H groups in total. The zero-order valence-corrected chi connectivity index (χ0v) is 16.8. The van der Waals surface area contributed by atoms with Crippen LogP contribution in [0.25, 0.3) is 5.57 Å². The Morgan fingerprint density at radius 1 is 1.22 bits per heavy atom. The molecule has 0 aliphatic heterocycles. The maximum absolute atomic E-state index is 12.9. The first-order valence-electron chi connectivity index (χ1n) is 9.59. The maximum atomic E-state index is 12.9. The highest BCUT2D eigenvalue weighted by molar-refractivity contribution is 5.59. The van der Waals surface area contributed by atoms with Crippen LogP contribution in [0.3, 0.4) is 0 Å². The average molecular weight is 371 g/mol. The van der Waals surface area contributed by atoms with Crippen molar-refractivity contribution in [3.05, 3.63) is 59.6 Å². The van der Waals surface area contributed by atoms with E-state index in [2.05, 4.69) is 22.2 Å². The quantitative estimate of drug-likeness (QED) is 0.741. The summed E-state index contributed by atoms with van der Waals surface area (Å²) in [5, 5.41) is 2.96. The lowest BCUT2D eigenvalue weighted by molar-refractivity contribution is 0.348. The zero-order valence-electron chi connectivity index (χ0n) is 16.8. The molecule has 1 aliphatic carbocycles. The highest BCUT2D eigenvalue weighted by Gasteiger charge is 2.21. The molecular formula is C22H31FN4. The molecular weight excluding hydrogens is 339 g/mol. The summed E-state index contributed by atoms with van der Waals surface area (Å²) in [6.45, 7) is 6.19. The van der Waals surface area contributed by atoms with Gasteiger partial charge in [-0.25, -0.2) is 14.4 Å². The molecule has 3 rings (SSSR count). The molecule has 0 saturated heterocycles. The van der Waals surface area contributed by atoms with Gasteiger partial charge >= 0.3 is 0 Å². The van der Waals surface area contributed by atoms with E-state index >= 15 is 0 Å². The Bertz CT molecular complexity index is 765. The van der Waals surface area contributed by atoms with Gasteiger partial charge in [0.15, 0.2) is 0 Å². The van der Waals surface area contributed by atoms with Gasteiger partial charge in [0.1, 0.15) is 11.6 Å². The van der Waals surface area contributed by atoms with Crippen molar-refractivity contribution in [3.8, 4) is 0 Å². The van der Waals surface area contributed by atoms with Crippen LogP contribution in [-0.4, -0.2) is 17.0 Å². The number of rotatable bonds is 3. The normalized spacial score (nSPS) is 19.8. The van der Waals surface area contributed by atoms with Gasteiger partial charge in [0, 0.05) is 25.1 Å². The fraction of sp³-hybridized carbons (Fsp3) is 0.455. The van der Waals surface area contributed by atoms with Crippen LogP contribution < -0.4 is 11.1 Å². The Kier molecular flexibility index (Phi) is 7.77. The minimum atomic E-state index is -0.236. The van der Waals surface area contributed by atoms with Crippen molar-refractivity contribution >= 4 is 11.3 Å². The van der Waals surface area contributed by atoms with Crippen LogP contribution in [0.1, 0.15) is 62.5 Å². The topological polar surface area (TPSA) is 63.8 Å². The minimum Gasteiger partial charge on any atom is -0.398 e. The summed E-state index contributed by atoms with van der Waals surface area (Å²) in [6.07, 6.45) is 8.60. The van der Waals surface area contributed by atoms with Crippen LogP contribution in [-0.2, 0) is 0 Å². The van der Waals surface area contributed by atoms with Gasteiger partial charge in [-0.05, 0) is 67.9 Å². The summed E-state index contributed by atoms with van der Waals surface area (Å²) in [6, 6.07) is 6.71. The first-order valence-corrected chi connectivity index (χ1v) is 9.59. The molecule has 27 heavy (non-hydrogen) atoms. The number of aryl methyl sites for hydroxylation is 1. The summed E-state index contributed by atoms with van der Waals surface area (Å²) >= 11 is 0. The molecule has 0 spiro atoms. The van der Waals surface area contributed by atoms with Crippen molar-refractivity contribution in [1.82, 2.24) is 15.3 Å². The Morgan fingerprint density at radius 3 is 2.52 bits per heavy atom. The molecule has 1 saturated carbocycles. The van der Waals surface area contributed by atoms with Gasteiger partial charge in [-0.1, -0.05) is 25.8 Å². The number of aromatic nitrogens is 2. The Hall–Kier alpha value is -2.43. The van der Waals surface area contributed by atoms with Gasteiger partial charge < -0.3 is 11.1 Å². The van der Waals surface area contributed by atoms with E-state index in [1.165, 1.54) is 37.8 Å². The summed E-state index contributed by atoms with van der Waals surface area (Å²) in [5.74, 6) is 1.95. The summed E-state index contributed by atoms with van der Waals surface area (Å²) < 4.78 is 12.9. The van der Waals surface area contributed by atoms with Gasteiger partial charge in [-0.15, -0.1) is 0 Å². The second-order valence-corrected chi connectivity index (χ2v) is 7.34. The van der Waals surface area contributed by atoms with Crippen LogP contribution in [0, 0.1) is 18.7 Å². The number of hydrogen-bond donors (Lipinski definition) is 2. The molecule has 0 amide bonds. The number of halogens is 1. The molecule has 146 valence electrons. The van der Waals surface area contributed by atoms with Crippen LogP contribution in [0.2, 0.25) is 0 Å². The highest BCUT2D eigenvalue weighted by atomic mass is 19.1. The lowest BCUT2D eigenvalue weighted by atomic mass is 9.79. The largest absolute Gasteiger partial charge is 0.398 e. The smallest absolute Gasteiger partial charge is 0.125 e. The van der Waals surface area contributed by atoms with Crippen molar-refractivity contribution in [2.75, 3.05) is 12.8 Å². The van der Waals surface area contributed by atoms with Crippen molar-refractivity contribution in [2.45, 2.75) is 52.4 Å². The fourth-order valence-electron chi connectivity index (χ4n) is 3.45. The Labute approximate surface area is 162 Å². The number of nitrogen functional groups attached to an aromatic ring is 1. The lowest BCUT2D eigenvalue weighted by Gasteiger charge is -2.27. The molecule has 0 bridgehead atoms. The van der Waals surface area contributed by atoms with Crippen LogP contribution in [0.5, 0.6) is 0 Å². The molecule has 2 aromatic rings. The van der Waals surface area contributed by atoms with E-state index < -0.39 is 0 Å². The maximum Gasteiger partial charge on any atom is 0.125 e. The third-order valence-corrected chi connectivity index (χ3v) is 5.05. The van der Waals surface area contributed by atoms with E-state index in [1.54, 1.807) is 6.20 Å². The van der Waals surface area contributed by atoms with Crippen LogP contribution in [0.4, 0.5) is 10.1 Å². The van der Waals surface area contributed by atoms with Crippen molar-refractivity contribution < 1.29 is 4.39 Å². The number of anilines is 1. The second kappa shape index (κ2) is 10.0. The summed E-state index contributed by atoms with van der Waals surface area (Å²) in [4.78, 5) is 8.30. The van der Waals surface area contributed by atoms with Gasteiger partial charge in [0.05, 0.1) is 5.69 Å². The van der Waals surface area contributed by atoms with Gasteiger partial charge in [-0.2, -0.15) is 0 Å². The predicted molar refractivity (Wildman–Crippen MR) is 111 cm³/mol. The van der Waals surface area contributed by atoms with E-state index in [0.29, 0.717) is 11.6 Å². The Morgan fingerprint density at radius 2 is 1.93 bits per heavy atom. The molecule has 1 aromatic heterocycles. The summed E-state index contributed by atoms with van der Waals surface area (Å²) in [5.41, 5.74) is 9.69. The molecule has 0 radical (unpaired) electrons. The van der Waals surface area contributed by atoms with Crippen molar-refractivity contribution in [3.63, 3.8) is 0 Å². The highest BCUT2D eigenvalue weighted by Crippen LogP contribution is 2.37. The zero-order chi connectivity index (χ0) is 19.8. The SMILES string of the molecule is CC1CCC(c2ccc(F)cc2N)CC1.CN/C=C(\C)c1ccnc(C)n1. The minimum absolute atomic E-state index is 0.236. The molecule has 1 fully saturated rings.